The maximum absolute atomic E-state index is 9.05. The van der Waals surface area contributed by atoms with Crippen LogP contribution in [0.15, 0.2) is 0 Å². The van der Waals surface area contributed by atoms with Gasteiger partial charge in [-0.1, -0.05) is 32.6 Å². The Morgan fingerprint density at radius 1 is 0.952 bits per heavy atom. The molecular weight excluding hydrogens is 262 g/mol. The molecule has 0 radical (unpaired) electrons. The molecule has 2 N–H and O–H groups in total. The van der Waals surface area contributed by atoms with E-state index in [-0.39, 0.29) is 0 Å². The van der Waals surface area contributed by atoms with Gasteiger partial charge in [-0.2, -0.15) is 0 Å². The zero-order valence-electron chi connectivity index (χ0n) is 13.9. The Morgan fingerprint density at radius 3 is 2.14 bits per heavy atom. The van der Waals surface area contributed by atoms with Gasteiger partial charge in [0.25, 0.3) is 0 Å². The average molecular weight is 297 g/mol. The van der Waals surface area contributed by atoms with E-state index in [4.69, 9.17) is 5.11 Å². The van der Waals surface area contributed by atoms with Crippen molar-refractivity contribution in [1.82, 2.24) is 15.1 Å². The monoisotopic (exact) mass is 297 g/mol. The van der Waals surface area contributed by atoms with Gasteiger partial charge in [0.1, 0.15) is 0 Å². The maximum atomic E-state index is 9.05. The summed E-state index contributed by atoms with van der Waals surface area (Å²) in [6.45, 7) is 11.5. The molecule has 1 saturated carbocycles. The van der Waals surface area contributed by atoms with Gasteiger partial charge in [0.15, 0.2) is 0 Å². The highest BCUT2D eigenvalue weighted by atomic mass is 16.3. The van der Waals surface area contributed by atoms with Gasteiger partial charge in [-0.25, -0.2) is 0 Å². The lowest BCUT2D eigenvalue weighted by Crippen LogP contribution is -2.52. The Hall–Kier alpha value is -0.160. The highest BCUT2D eigenvalue weighted by Gasteiger charge is 2.33. The number of aliphatic hydroxyl groups is 1. The third-order valence-corrected chi connectivity index (χ3v) is 5.35. The summed E-state index contributed by atoms with van der Waals surface area (Å²) < 4.78 is 0. The Balaban J connectivity index is 1.86. The van der Waals surface area contributed by atoms with Crippen molar-refractivity contribution in [3.63, 3.8) is 0 Å². The van der Waals surface area contributed by atoms with Gasteiger partial charge >= 0.3 is 0 Å². The van der Waals surface area contributed by atoms with Crippen LogP contribution in [0, 0.1) is 5.41 Å². The van der Waals surface area contributed by atoms with E-state index >= 15 is 0 Å². The summed E-state index contributed by atoms with van der Waals surface area (Å²) in [7, 11) is 0. The summed E-state index contributed by atoms with van der Waals surface area (Å²) in [5, 5.41) is 12.7. The third-order valence-electron chi connectivity index (χ3n) is 5.35. The molecule has 4 nitrogen and oxygen atoms in total. The van der Waals surface area contributed by atoms with Crippen molar-refractivity contribution in [2.75, 3.05) is 59.0 Å². The Morgan fingerprint density at radius 2 is 1.57 bits per heavy atom. The molecule has 0 amide bonds. The van der Waals surface area contributed by atoms with Gasteiger partial charge < -0.3 is 15.3 Å². The molecule has 0 aromatic carbocycles. The summed E-state index contributed by atoms with van der Waals surface area (Å²) in [6, 6.07) is 0. The quantitative estimate of drug-likeness (QED) is 0.699. The van der Waals surface area contributed by atoms with Crippen LogP contribution in [0.2, 0.25) is 0 Å². The van der Waals surface area contributed by atoms with Crippen LogP contribution in [0.1, 0.15) is 45.4 Å². The normalized spacial score (nSPS) is 24.9. The van der Waals surface area contributed by atoms with E-state index in [0.717, 1.165) is 26.2 Å². The lowest BCUT2D eigenvalue weighted by Gasteiger charge is -2.42. The molecule has 0 spiro atoms. The van der Waals surface area contributed by atoms with Crippen LogP contribution in [-0.4, -0.2) is 73.9 Å². The van der Waals surface area contributed by atoms with Crippen molar-refractivity contribution in [3.8, 4) is 0 Å². The first-order valence-electron chi connectivity index (χ1n) is 9.04. The van der Waals surface area contributed by atoms with E-state index in [1.807, 2.05) is 0 Å². The molecule has 0 aromatic heterocycles. The minimum absolute atomic E-state index is 0.296. The van der Waals surface area contributed by atoms with E-state index in [1.54, 1.807) is 0 Å². The van der Waals surface area contributed by atoms with Crippen LogP contribution in [0.4, 0.5) is 0 Å². The van der Waals surface area contributed by atoms with Crippen molar-refractivity contribution in [3.05, 3.63) is 0 Å². The first-order valence-corrected chi connectivity index (χ1v) is 9.04. The number of nitrogens with one attached hydrogen (secondary N) is 1. The molecule has 0 aromatic rings. The predicted octanol–water partition coefficient (Wildman–Crippen LogP) is 1.55. The van der Waals surface area contributed by atoms with Crippen molar-refractivity contribution in [2.24, 2.45) is 5.41 Å². The number of β-amino-alcohol motifs (C(OH)–C–C–N with tert-alkyl or cyclic N) is 1. The zero-order chi connectivity index (χ0) is 15.0. The molecule has 4 heteroatoms. The molecular formula is C17H35N3O. The number of nitrogens with zero attached hydrogens (tertiary/aromatic N) is 2. The van der Waals surface area contributed by atoms with Crippen LogP contribution in [-0.2, 0) is 0 Å². The second-order valence-electron chi connectivity index (χ2n) is 7.04. The molecule has 1 aliphatic heterocycles. The van der Waals surface area contributed by atoms with Crippen LogP contribution >= 0.6 is 0 Å². The standard InChI is InChI=1S/C17H35N3O/c1-2-18-15-17(7-5-3-4-6-8-17)16-20-11-9-19(10-12-20)13-14-21/h18,21H,2-16H2,1H3. The molecule has 0 unspecified atom stereocenters. The summed E-state index contributed by atoms with van der Waals surface area (Å²) in [4.78, 5) is 5.07. The molecule has 1 saturated heterocycles. The fourth-order valence-corrected chi connectivity index (χ4v) is 4.05. The van der Waals surface area contributed by atoms with Crippen LogP contribution in [0.3, 0.4) is 0 Å². The Labute approximate surface area is 130 Å². The van der Waals surface area contributed by atoms with Crippen molar-refractivity contribution in [1.29, 1.82) is 0 Å². The summed E-state index contributed by atoms with van der Waals surface area (Å²) >= 11 is 0. The molecule has 0 atom stereocenters. The molecule has 21 heavy (non-hydrogen) atoms. The number of piperazine rings is 1. The second-order valence-corrected chi connectivity index (χ2v) is 7.04. The number of aliphatic hydroxyl groups excluding tert-OH is 1. The topological polar surface area (TPSA) is 38.7 Å². The largest absolute Gasteiger partial charge is 0.395 e. The summed E-state index contributed by atoms with van der Waals surface area (Å²) in [5.74, 6) is 0. The van der Waals surface area contributed by atoms with Gasteiger partial charge in [-0.05, 0) is 24.8 Å². The average Bonchev–Trinajstić information content (AvgIpc) is 2.74. The fourth-order valence-electron chi connectivity index (χ4n) is 4.05. The lowest BCUT2D eigenvalue weighted by atomic mass is 9.79. The maximum Gasteiger partial charge on any atom is 0.0558 e. The molecule has 124 valence electrons. The zero-order valence-corrected chi connectivity index (χ0v) is 13.9. The first kappa shape index (κ1) is 17.2. The van der Waals surface area contributed by atoms with Crippen molar-refractivity contribution < 1.29 is 5.11 Å². The molecule has 1 heterocycles. The molecule has 0 bridgehead atoms. The van der Waals surface area contributed by atoms with E-state index in [0.29, 0.717) is 12.0 Å². The van der Waals surface area contributed by atoms with Gasteiger partial charge in [0.2, 0.25) is 0 Å². The van der Waals surface area contributed by atoms with E-state index in [2.05, 4.69) is 22.0 Å². The molecule has 2 fully saturated rings. The molecule has 1 aliphatic carbocycles. The number of hydrogen-bond donors (Lipinski definition) is 2. The predicted molar refractivity (Wildman–Crippen MR) is 88.6 cm³/mol. The minimum atomic E-state index is 0.296. The van der Waals surface area contributed by atoms with E-state index < -0.39 is 0 Å². The lowest BCUT2D eigenvalue weighted by molar-refractivity contribution is 0.0673. The fraction of sp³-hybridized carbons (Fsp3) is 1.00. The Bertz CT molecular complexity index is 269. The first-order chi connectivity index (χ1) is 10.3. The van der Waals surface area contributed by atoms with Gasteiger partial charge in [0.05, 0.1) is 6.61 Å². The van der Waals surface area contributed by atoms with Crippen LogP contribution < -0.4 is 5.32 Å². The summed E-state index contributed by atoms with van der Waals surface area (Å²) in [6.07, 6.45) is 8.48. The Kier molecular flexibility index (Phi) is 7.44. The van der Waals surface area contributed by atoms with E-state index in [9.17, 15) is 0 Å². The molecule has 2 aliphatic rings. The highest BCUT2D eigenvalue weighted by Crippen LogP contribution is 2.35. The van der Waals surface area contributed by atoms with Crippen LogP contribution in [0.5, 0.6) is 0 Å². The SMILES string of the molecule is CCNCC1(CN2CCN(CCO)CC2)CCCCCC1. The van der Waals surface area contributed by atoms with E-state index in [1.165, 1.54) is 64.7 Å². The number of rotatable bonds is 7. The van der Waals surface area contributed by atoms with Crippen molar-refractivity contribution >= 4 is 0 Å². The van der Waals surface area contributed by atoms with Gasteiger partial charge in [-0.15, -0.1) is 0 Å². The van der Waals surface area contributed by atoms with Gasteiger partial charge in [0, 0.05) is 45.8 Å². The van der Waals surface area contributed by atoms with Gasteiger partial charge in [-0.3, -0.25) is 4.90 Å². The van der Waals surface area contributed by atoms with Crippen molar-refractivity contribution in [2.45, 2.75) is 45.4 Å². The molecule has 2 rings (SSSR count). The second kappa shape index (κ2) is 9.09. The third kappa shape index (κ3) is 5.51. The number of hydrogen-bond acceptors (Lipinski definition) is 4. The minimum Gasteiger partial charge on any atom is -0.395 e. The summed E-state index contributed by atoms with van der Waals surface area (Å²) in [5.41, 5.74) is 0.506. The van der Waals surface area contributed by atoms with Crippen LogP contribution in [0.25, 0.3) is 0 Å². The highest BCUT2D eigenvalue weighted by molar-refractivity contribution is 4.88. The smallest absolute Gasteiger partial charge is 0.0558 e.